The normalized spacial score (nSPS) is 16.9. The van der Waals surface area contributed by atoms with Crippen molar-refractivity contribution < 1.29 is 13.2 Å². The number of anilines is 1. The van der Waals surface area contributed by atoms with Crippen LogP contribution < -0.4 is 5.32 Å². The van der Waals surface area contributed by atoms with Gasteiger partial charge in [-0.3, -0.25) is 4.79 Å². The molecule has 1 aliphatic rings. The van der Waals surface area contributed by atoms with Gasteiger partial charge in [0.25, 0.3) is 0 Å². The van der Waals surface area contributed by atoms with Crippen molar-refractivity contribution in [2.75, 3.05) is 38.0 Å². The standard InChI is InChI=1S/C17H27N3O3S/c1-3-5-9-17(21)18-15-7-6-8-16(14-15)24(22,23)20-12-10-19(4-2)11-13-20/h6-8,14H,3-5,9-13H2,1-2H3,(H,18,21). The molecule has 1 aromatic rings. The fourth-order valence-electron chi connectivity index (χ4n) is 2.73. The van der Waals surface area contributed by atoms with Crippen LogP contribution in [0.4, 0.5) is 5.69 Å². The van der Waals surface area contributed by atoms with Crippen LogP contribution in [0.1, 0.15) is 33.1 Å². The molecule has 1 heterocycles. The number of hydrogen-bond acceptors (Lipinski definition) is 4. The Balaban J connectivity index is 2.08. The second kappa shape index (κ2) is 8.60. The molecule has 1 aromatic carbocycles. The first-order valence-corrected chi connectivity index (χ1v) is 10.0. The van der Waals surface area contributed by atoms with E-state index in [1.54, 1.807) is 24.3 Å². The summed E-state index contributed by atoms with van der Waals surface area (Å²) in [5.74, 6) is -0.0806. The summed E-state index contributed by atoms with van der Waals surface area (Å²) >= 11 is 0. The number of sulfonamides is 1. The van der Waals surface area contributed by atoms with Gasteiger partial charge in [-0.1, -0.05) is 26.3 Å². The van der Waals surface area contributed by atoms with E-state index in [1.807, 2.05) is 6.92 Å². The smallest absolute Gasteiger partial charge is 0.243 e. The van der Waals surface area contributed by atoms with Crippen molar-refractivity contribution in [1.29, 1.82) is 0 Å². The van der Waals surface area contributed by atoms with E-state index < -0.39 is 10.0 Å². The fourth-order valence-corrected chi connectivity index (χ4v) is 4.20. The van der Waals surface area contributed by atoms with Crippen LogP contribution in [0.2, 0.25) is 0 Å². The molecule has 134 valence electrons. The zero-order chi connectivity index (χ0) is 17.6. The Kier molecular flexibility index (Phi) is 6.77. The van der Waals surface area contributed by atoms with Gasteiger partial charge in [0.15, 0.2) is 0 Å². The molecule has 1 N–H and O–H groups in total. The minimum atomic E-state index is -3.51. The number of unbranched alkanes of at least 4 members (excludes halogenated alkanes) is 1. The maximum atomic E-state index is 12.8. The summed E-state index contributed by atoms with van der Waals surface area (Å²) in [5, 5.41) is 2.78. The van der Waals surface area contributed by atoms with Gasteiger partial charge in [0.05, 0.1) is 4.90 Å². The summed E-state index contributed by atoms with van der Waals surface area (Å²) in [6.45, 7) is 7.56. The molecule has 1 aliphatic heterocycles. The molecule has 0 aromatic heterocycles. The molecule has 24 heavy (non-hydrogen) atoms. The van der Waals surface area contributed by atoms with Crippen molar-refractivity contribution >= 4 is 21.6 Å². The number of nitrogens with one attached hydrogen (secondary N) is 1. The average molecular weight is 353 g/mol. The molecule has 0 atom stereocenters. The quantitative estimate of drug-likeness (QED) is 0.815. The van der Waals surface area contributed by atoms with Gasteiger partial charge < -0.3 is 10.2 Å². The minimum Gasteiger partial charge on any atom is -0.326 e. The number of benzene rings is 1. The van der Waals surface area contributed by atoms with Crippen LogP contribution in [-0.2, 0) is 14.8 Å². The van der Waals surface area contributed by atoms with Crippen LogP contribution in [0.5, 0.6) is 0 Å². The molecule has 2 rings (SSSR count). The zero-order valence-corrected chi connectivity index (χ0v) is 15.3. The molecule has 0 bridgehead atoms. The van der Waals surface area contributed by atoms with Gasteiger partial charge in [-0.25, -0.2) is 8.42 Å². The molecule has 0 spiro atoms. The summed E-state index contributed by atoms with van der Waals surface area (Å²) in [5.41, 5.74) is 0.532. The fraction of sp³-hybridized carbons (Fsp3) is 0.588. The van der Waals surface area contributed by atoms with Crippen LogP contribution in [0, 0.1) is 0 Å². The first-order chi connectivity index (χ1) is 11.5. The largest absolute Gasteiger partial charge is 0.326 e. The number of amides is 1. The molecule has 1 saturated heterocycles. The summed E-state index contributed by atoms with van der Waals surface area (Å²) in [7, 11) is -3.51. The molecule has 7 heteroatoms. The molecule has 0 unspecified atom stereocenters. The lowest BCUT2D eigenvalue weighted by Crippen LogP contribution is -2.48. The monoisotopic (exact) mass is 353 g/mol. The predicted molar refractivity (Wildman–Crippen MR) is 95.5 cm³/mol. The molecule has 0 aliphatic carbocycles. The number of rotatable bonds is 7. The lowest BCUT2D eigenvalue weighted by molar-refractivity contribution is -0.116. The molecule has 6 nitrogen and oxygen atoms in total. The molecule has 0 saturated carbocycles. The Hall–Kier alpha value is -1.44. The third-order valence-electron chi connectivity index (χ3n) is 4.29. The van der Waals surface area contributed by atoms with Crippen LogP contribution in [0.3, 0.4) is 0 Å². The van der Waals surface area contributed by atoms with Crippen molar-refractivity contribution in [3.8, 4) is 0 Å². The molecular formula is C17H27N3O3S. The van der Waals surface area contributed by atoms with Gasteiger partial charge in [0, 0.05) is 38.3 Å². The first-order valence-electron chi connectivity index (χ1n) is 8.59. The molecular weight excluding hydrogens is 326 g/mol. The molecule has 1 fully saturated rings. The topological polar surface area (TPSA) is 69.7 Å². The highest BCUT2D eigenvalue weighted by molar-refractivity contribution is 7.89. The Labute approximate surface area is 144 Å². The van der Waals surface area contributed by atoms with E-state index in [0.717, 1.165) is 32.5 Å². The van der Waals surface area contributed by atoms with E-state index in [4.69, 9.17) is 0 Å². The number of carbonyl (C=O) groups is 1. The number of likely N-dealkylation sites (N-methyl/N-ethyl adjacent to an activating group) is 1. The van der Waals surface area contributed by atoms with E-state index >= 15 is 0 Å². The third-order valence-corrected chi connectivity index (χ3v) is 6.19. The SMILES string of the molecule is CCCCC(=O)Nc1cccc(S(=O)(=O)N2CCN(CC)CC2)c1. The number of hydrogen-bond donors (Lipinski definition) is 1. The average Bonchev–Trinajstić information content (AvgIpc) is 2.60. The Bertz CT molecular complexity index is 653. The van der Waals surface area contributed by atoms with Crippen molar-refractivity contribution in [3.05, 3.63) is 24.3 Å². The number of carbonyl (C=O) groups excluding carboxylic acids is 1. The maximum Gasteiger partial charge on any atom is 0.243 e. The highest BCUT2D eigenvalue weighted by Crippen LogP contribution is 2.21. The number of piperazine rings is 1. The molecule has 0 radical (unpaired) electrons. The summed E-state index contributed by atoms with van der Waals surface area (Å²) in [6, 6.07) is 6.52. The summed E-state index contributed by atoms with van der Waals surface area (Å²) in [6.07, 6.45) is 2.23. The van der Waals surface area contributed by atoms with Crippen LogP contribution in [0.25, 0.3) is 0 Å². The van der Waals surface area contributed by atoms with E-state index in [1.165, 1.54) is 4.31 Å². The Morgan fingerprint density at radius 2 is 1.88 bits per heavy atom. The van der Waals surface area contributed by atoms with Gasteiger partial charge in [-0.05, 0) is 31.2 Å². The van der Waals surface area contributed by atoms with E-state index in [9.17, 15) is 13.2 Å². The van der Waals surface area contributed by atoms with E-state index in [2.05, 4.69) is 17.1 Å². The van der Waals surface area contributed by atoms with Crippen molar-refractivity contribution in [2.24, 2.45) is 0 Å². The van der Waals surface area contributed by atoms with Crippen LogP contribution in [0.15, 0.2) is 29.2 Å². The highest BCUT2D eigenvalue weighted by atomic mass is 32.2. The Morgan fingerprint density at radius 3 is 2.50 bits per heavy atom. The highest BCUT2D eigenvalue weighted by Gasteiger charge is 2.28. The minimum absolute atomic E-state index is 0.0806. The second-order valence-corrected chi connectivity index (χ2v) is 7.96. The van der Waals surface area contributed by atoms with Crippen LogP contribution >= 0.6 is 0 Å². The van der Waals surface area contributed by atoms with Gasteiger partial charge in [0.2, 0.25) is 15.9 Å². The summed E-state index contributed by atoms with van der Waals surface area (Å²) < 4.78 is 27.1. The van der Waals surface area contributed by atoms with Crippen LogP contribution in [-0.4, -0.2) is 56.3 Å². The third kappa shape index (κ3) is 4.78. The van der Waals surface area contributed by atoms with E-state index in [-0.39, 0.29) is 10.8 Å². The van der Waals surface area contributed by atoms with Gasteiger partial charge in [0.1, 0.15) is 0 Å². The maximum absolute atomic E-state index is 12.8. The molecule has 1 amide bonds. The van der Waals surface area contributed by atoms with Gasteiger partial charge in [-0.15, -0.1) is 0 Å². The van der Waals surface area contributed by atoms with Crippen molar-refractivity contribution in [3.63, 3.8) is 0 Å². The Morgan fingerprint density at radius 1 is 1.17 bits per heavy atom. The lowest BCUT2D eigenvalue weighted by atomic mass is 10.2. The first kappa shape index (κ1) is 18.9. The van der Waals surface area contributed by atoms with Crippen molar-refractivity contribution in [2.45, 2.75) is 38.0 Å². The lowest BCUT2D eigenvalue weighted by Gasteiger charge is -2.33. The number of nitrogens with zero attached hydrogens (tertiary/aromatic N) is 2. The second-order valence-electron chi connectivity index (χ2n) is 6.02. The van der Waals surface area contributed by atoms with E-state index in [0.29, 0.717) is 25.2 Å². The summed E-state index contributed by atoms with van der Waals surface area (Å²) in [4.78, 5) is 14.3. The van der Waals surface area contributed by atoms with Gasteiger partial charge >= 0.3 is 0 Å². The van der Waals surface area contributed by atoms with Crippen molar-refractivity contribution in [1.82, 2.24) is 9.21 Å². The predicted octanol–water partition coefficient (Wildman–Crippen LogP) is 2.14. The zero-order valence-electron chi connectivity index (χ0n) is 14.5. The van der Waals surface area contributed by atoms with Gasteiger partial charge in [-0.2, -0.15) is 4.31 Å².